The Labute approximate surface area is 123 Å². The van der Waals surface area contributed by atoms with Crippen molar-refractivity contribution in [2.75, 3.05) is 12.3 Å². The molecule has 1 aromatic carbocycles. The van der Waals surface area contributed by atoms with Crippen molar-refractivity contribution in [3.05, 3.63) is 29.3 Å². The number of nitrogens with one attached hydrogen (secondary N) is 1. The van der Waals surface area contributed by atoms with Crippen LogP contribution < -0.4 is 5.32 Å². The summed E-state index contributed by atoms with van der Waals surface area (Å²) in [5, 5.41) is 3.03. The summed E-state index contributed by atoms with van der Waals surface area (Å²) in [6.07, 6.45) is -1.30. The summed E-state index contributed by atoms with van der Waals surface area (Å²) in [5.41, 5.74) is -0.187. The Balaban J connectivity index is 2.83. The van der Waals surface area contributed by atoms with Gasteiger partial charge in [0.25, 0.3) is 0 Å². The Morgan fingerprint density at radius 3 is 2.50 bits per heavy atom. The highest BCUT2D eigenvalue weighted by atomic mass is 32.2. The van der Waals surface area contributed by atoms with Gasteiger partial charge >= 0.3 is 6.18 Å². The molecular weight excluding hydrogens is 283 g/mol. The summed E-state index contributed by atoms with van der Waals surface area (Å²) in [5.74, 6) is 0.862. The Hall–Kier alpha value is -0.680. The first-order valence-electron chi connectivity index (χ1n) is 7.02. The fraction of sp³-hybridized carbons (Fsp3) is 0.600. The minimum Gasteiger partial charge on any atom is -0.313 e. The fourth-order valence-corrected chi connectivity index (χ4v) is 2.83. The Morgan fingerprint density at radius 2 is 1.90 bits per heavy atom. The Bertz CT molecular complexity index is 405. The molecule has 20 heavy (non-hydrogen) atoms. The molecule has 0 amide bonds. The van der Waals surface area contributed by atoms with Gasteiger partial charge in [-0.05, 0) is 42.8 Å². The molecule has 0 radical (unpaired) electrons. The van der Waals surface area contributed by atoms with Crippen molar-refractivity contribution in [2.45, 2.75) is 50.7 Å². The Morgan fingerprint density at radius 1 is 1.15 bits per heavy atom. The quantitative estimate of drug-likeness (QED) is 0.530. The van der Waals surface area contributed by atoms with Crippen LogP contribution in [0, 0.1) is 0 Å². The zero-order chi connectivity index (χ0) is 15.0. The summed E-state index contributed by atoms with van der Waals surface area (Å²) in [6.45, 7) is 5.06. The molecule has 114 valence electrons. The lowest BCUT2D eigenvalue weighted by Gasteiger charge is -2.15. The zero-order valence-electron chi connectivity index (χ0n) is 12.0. The van der Waals surface area contributed by atoms with Crippen molar-refractivity contribution in [1.82, 2.24) is 5.32 Å². The summed E-state index contributed by atoms with van der Waals surface area (Å²) < 4.78 is 39.3. The van der Waals surface area contributed by atoms with E-state index in [0.717, 1.165) is 31.6 Å². The lowest BCUT2D eigenvalue weighted by molar-refractivity contribution is -0.138. The average molecular weight is 305 g/mol. The van der Waals surface area contributed by atoms with Gasteiger partial charge in [0.05, 0.1) is 5.56 Å². The van der Waals surface area contributed by atoms with Crippen LogP contribution in [0.2, 0.25) is 0 Å². The van der Waals surface area contributed by atoms with E-state index in [2.05, 4.69) is 12.2 Å². The topological polar surface area (TPSA) is 12.0 Å². The number of benzene rings is 1. The second kappa shape index (κ2) is 8.57. The molecule has 0 aromatic heterocycles. The first-order chi connectivity index (χ1) is 9.49. The van der Waals surface area contributed by atoms with Crippen LogP contribution in [-0.2, 0) is 12.7 Å². The summed E-state index contributed by atoms with van der Waals surface area (Å²) in [4.78, 5) is 0.699. The molecule has 0 saturated carbocycles. The molecule has 0 aliphatic carbocycles. The van der Waals surface area contributed by atoms with Crippen molar-refractivity contribution in [3.63, 3.8) is 0 Å². The number of halogens is 3. The van der Waals surface area contributed by atoms with E-state index in [1.807, 2.05) is 6.92 Å². The number of hydrogen-bond acceptors (Lipinski definition) is 2. The van der Waals surface area contributed by atoms with Crippen LogP contribution >= 0.6 is 11.8 Å². The van der Waals surface area contributed by atoms with E-state index < -0.39 is 11.7 Å². The van der Waals surface area contributed by atoms with Gasteiger partial charge in [-0.25, -0.2) is 0 Å². The lowest BCUT2D eigenvalue weighted by Crippen LogP contribution is -2.18. The third kappa shape index (κ3) is 5.75. The van der Waals surface area contributed by atoms with Crippen LogP contribution in [0.5, 0.6) is 0 Å². The third-order valence-electron chi connectivity index (χ3n) is 2.90. The van der Waals surface area contributed by atoms with Crippen LogP contribution in [0.3, 0.4) is 0 Å². The van der Waals surface area contributed by atoms with E-state index in [0.29, 0.717) is 10.5 Å². The van der Waals surface area contributed by atoms with Crippen molar-refractivity contribution < 1.29 is 13.2 Å². The number of hydrogen-bond donors (Lipinski definition) is 1. The summed E-state index contributed by atoms with van der Waals surface area (Å²) in [7, 11) is 0. The molecule has 1 rings (SSSR count). The summed E-state index contributed by atoms with van der Waals surface area (Å²) >= 11 is 1.49. The average Bonchev–Trinajstić information content (AvgIpc) is 2.39. The largest absolute Gasteiger partial charge is 0.416 e. The van der Waals surface area contributed by atoms with Gasteiger partial charge in [-0.1, -0.05) is 26.3 Å². The Kier molecular flexibility index (Phi) is 7.45. The molecule has 5 heteroatoms. The minimum atomic E-state index is -4.29. The van der Waals surface area contributed by atoms with Crippen molar-refractivity contribution >= 4 is 11.8 Å². The SMILES string of the molecule is CCCCSc1ccc(CNCCC)c(C(F)(F)F)c1. The van der Waals surface area contributed by atoms with E-state index in [9.17, 15) is 13.2 Å². The monoisotopic (exact) mass is 305 g/mol. The molecule has 0 bridgehead atoms. The van der Waals surface area contributed by atoms with Gasteiger partial charge in [0, 0.05) is 11.4 Å². The van der Waals surface area contributed by atoms with Crippen LogP contribution in [0.1, 0.15) is 44.2 Å². The maximum Gasteiger partial charge on any atom is 0.416 e. The molecule has 0 fully saturated rings. The van der Waals surface area contributed by atoms with Gasteiger partial charge in [0.2, 0.25) is 0 Å². The molecule has 0 spiro atoms. The first-order valence-corrected chi connectivity index (χ1v) is 8.01. The van der Waals surface area contributed by atoms with Gasteiger partial charge in [0.15, 0.2) is 0 Å². The van der Waals surface area contributed by atoms with Crippen molar-refractivity contribution in [3.8, 4) is 0 Å². The predicted octanol–water partition coefficient (Wildman–Crippen LogP) is 5.10. The highest BCUT2D eigenvalue weighted by molar-refractivity contribution is 7.99. The van der Waals surface area contributed by atoms with Crippen LogP contribution in [0.15, 0.2) is 23.1 Å². The minimum absolute atomic E-state index is 0.266. The number of alkyl halides is 3. The fourth-order valence-electron chi connectivity index (χ4n) is 1.80. The van der Waals surface area contributed by atoms with Crippen molar-refractivity contribution in [2.24, 2.45) is 0 Å². The lowest BCUT2D eigenvalue weighted by atomic mass is 10.1. The highest BCUT2D eigenvalue weighted by Crippen LogP contribution is 2.35. The maximum absolute atomic E-state index is 13.1. The standard InChI is InChI=1S/C15H22F3NS/c1-3-5-9-20-13-7-6-12(11-19-8-4-2)14(10-13)15(16,17)18/h6-7,10,19H,3-5,8-9,11H2,1-2H3. The molecule has 1 aromatic rings. The smallest absolute Gasteiger partial charge is 0.313 e. The number of thioether (sulfide) groups is 1. The molecule has 0 heterocycles. The second-order valence-electron chi connectivity index (χ2n) is 4.70. The van der Waals surface area contributed by atoms with E-state index in [1.54, 1.807) is 12.1 Å². The van der Waals surface area contributed by atoms with Gasteiger partial charge in [-0.2, -0.15) is 13.2 Å². The van der Waals surface area contributed by atoms with Crippen LogP contribution in [0.25, 0.3) is 0 Å². The number of unbranched alkanes of at least 4 members (excludes halogenated alkanes) is 1. The molecule has 1 N–H and O–H groups in total. The van der Waals surface area contributed by atoms with Gasteiger partial charge in [0.1, 0.15) is 0 Å². The molecule has 0 atom stereocenters. The molecular formula is C15H22F3NS. The van der Waals surface area contributed by atoms with E-state index in [4.69, 9.17) is 0 Å². The molecule has 0 saturated heterocycles. The van der Waals surface area contributed by atoms with Crippen LogP contribution in [-0.4, -0.2) is 12.3 Å². The van der Waals surface area contributed by atoms with E-state index in [-0.39, 0.29) is 6.54 Å². The third-order valence-corrected chi connectivity index (χ3v) is 3.98. The van der Waals surface area contributed by atoms with E-state index >= 15 is 0 Å². The molecule has 1 nitrogen and oxygen atoms in total. The zero-order valence-corrected chi connectivity index (χ0v) is 12.8. The molecule has 0 unspecified atom stereocenters. The van der Waals surface area contributed by atoms with E-state index in [1.165, 1.54) is 17.8 Å². The maximum atomic E-state index is 13.1. The van der Waals surface area contributed by atoms with Gasteiger partial charge < -0.3 is 5.32 Å². The highest BCUT2D eigenvalue weighted by Gasteiger charge is 2.33. The van der Waals surface area contributed by atoms with Crippen LogP contribution in [0.4, 0.5) is 13.2 Å². The first kappa shape index (κ1) is 17.4. The van der Waals surface area contributed by atoms with Crippen molar-refractivity contribution in [1.29, 1.82) is 0 Å². The predicted molar refractivity (Wildman–Crippen MR) is 79.1 cm³/mol. The molecule has 0 aliphatic heterocycles. The molecule has 0 aliphatic rings. The van der Waals surface area contributed by atoms with Gasteiger partial charge in [-0.3, -0.25) is 0 Å². The number of rotatable bonds is 8. The van der Waals surface area contributed by atoms with Gasteiger partial charge in [-0.15, -0.1) is 11.8 Å². The second-order valence-corrected chi connectivity index (χ2v) is 5.86. The normalized spacial score (nSPS) is 11.8. The summed E-state index contributed by atoms with van der Waals surface area (Å²) in [6, 6.07) is 4.67.